The molecule has 0 radical (unpaired) electrons. The summed E-state index contributed by atoms with van der Waals surface area (Å²) in [4.78, 5) is 42.3. The number of hydrogen-bond acceptors (Lipinski definition) is 5. The molecule has 0 heterocycles. The molecule has 3 N–H and O–H groups in total. The predicted octanol–water partition coefficient (Wildman–Crippen LogP) is 0.392. The third kappa shape index (κ3) is 4.23. The van der Waals surface area contributed by atoms with Crippen LogP contribution in [0.15, 0.2) is 18.2 Å². The lowest BCUT2D eigenvalue weighted by Crippen LogP contribution is -2.42. The van der Waals surface area contributed by atoms with Crippen LogP contribution in [0.25, 0.3) is 0 Å². The molecule has 0 spiro atoms. The molecule has 10 heteroatoms. The average Bonchev–Trinajstić information content (AvgIpc) is 2.36. The highest BCUT2D eigenvalue weighted by Crippen LogP contribution is 2.18. The Morgan fingerprint density at radius 2 is 1.95 bits per heavy atom. The normalized spacial score (nSPS) is 11.5. The second-order valence-corrected chi connectivity index (χ2v) is 3.89. The zero-order chi connectivity index (χ0) is 16.2. The number of benzene rings is 1. The Morgan fingerprint density at radius 1 is 1.33 bits per heavy atom. The van der Waals surface area contributed by atoms with Crippen molar-refractivity contribution < 1.29 is 33.9 Å². The molecule has 0 fully saturated rings. The number of carboxylic acids is 2. The van der Waals surface area contributed by atoms with Gasteiger partial charge in [0.25, 0.3) is 5.91 Å². The first-order chi connectivity index (χ1) is 9.72. The first-order valence-electron chi connectivity index (χ1n) is 5.41. The molecule has 1 rings (SSSR count). The summed E-state index contributed by atoms with van der Waals surface area (Å²) in [7, 11) is 0. The number of carboxylic acid groups (broad SMARTS) is 2. The fraction of sp³-hybridized carbons (Fsp3) is 0.182. The van der Waals surface area contributed by atoms with Gasteiger partial charge in [-0.3, -0.25) is 19.7 Å². The Morgan fingerprint density at radius 3 is 2.38 bits per heavy atom. The van der Waals surface area contributed by atoms with Crippen molar-refractivity contribution >= 4 is 23.5 Å². The van der Waals surface area contributed by atoms with E-state index in [0.29, 0.717) is 6.07 Å². The molecule has 9 nitrogen and oxygen atoms in total. The molecule has 1 amide bonds. The second-order valence-electron chi connectivity index (χ2n) is 3.89. The highest BCUT2D eigenvalue weighted by molar-refractivity contribution is 5.97. The average molecular weight is 300 g/mol. The van der Waals surface area contributed by atoms with Gasteiger partial charge in [0.05, 0.1) is 11.3 Å². The molecule has 0 saturated heterocycles. The lowest BCUT2D eigenvalue weighted by molar-refractivity contribution is -0.387. The van der Waals surface area contributed by atoms with Crippen molar-refractivity contribution in [2.45, 2.75) is 12.5 Å². The van der Waals surface area contributed by atoms with E-state index < -0.39 is 46.7 Å². The number of carbonyl (C=O) groups excluding carboxylic acids is 1. The molecule has 0 aromatic heterocycles. The number of nitro benzene ring substituents is 1. The van der Waals surface area contributed by atoms with E-state index in [4.69, 9.17) is 10.2 Å². The summed E-state index contributed by atoms with van der Waals surface area (Å²) < 4.78 is 13.3. The molecule has 0 bridgehead atoms. The third-order valence-corrected chi connectivity index (χ3v) is 2.39. The van der Waals surface area contributed by atoms with Gasteiger partial charge in [-0.1, -0.05) is 0 Å². The standard InChI is InChI=1S/C11H9FN2O7/c12-6-3-5(1-2-8(6)14(20)21)10(17)13-7(11(18)19)4-9(15)16/h1-3,7H,4H2,(H,13,17)(H,15,16)(H,18,19)/t7-/m1/s1. The lowest BCUT2D eigenvalue weighted by atomic mass is 10.1. The van der Waals surface area contributed by atoms with Gasteiger partial charge in [0.1, 0.15) is 6.04 Å². The van der Waals surface area contributed by atoms with Gasteiger partial charge in [-0.05, 0) is 12.1 Å². The molecule has 1 aromatic rings. The molecule has 0 aliphatic carbocycles. The van der Waals surface area contributed by atoms with Gasteiger partial charge in [0, 0.05) is 11.6 Å². The minimum absolute atomic E-state index is 0.366. The largest absolute Gasteiger partial charge is 0.481 e. The van der Waals surface area contributed by atoms with Gasteiger partial charge in [-0.25, -0.2) is 4.79 Å². The van der Waals surface area contributed by atoms with Crippen LogP contribution in [-0.2, 0) is 9.59 Å². The van der Waals surface area contributed by atoms with Crippen molar-refractivity contribution in [3.05, 3.63) is 39.7 Å². The Kier molecular flexibility index (Phi) is 4.89. The maximum Gasteiger partial charge on any atom is 0.326 e. The van der Waals surface area contributed by atoms with E-state index in [-0.39, 0.29) is 5.56 Å². The molecule has 21 heavy (non-hydrogen) atoms. The van der Waals surface area contributed by atoms with Crippen molar-refractivity contribution in [2.75, 3.05) is 0 Å². The summed E-state index contributed by atoms with van der Waals surface area (Å²) in [5.41, 5.74) is -1.21. The number of aliphatic carboxylic acids is 2. The summed E-state index contributed by atoms with van der Waals surface area (Å²) in [6.45, 7) is 0. The number of rotatable bonds is 6. The van der Waals surface area contributed by atoms with Crippen molar-refractivity contribution in [1.82, 2.24) is 5.32 Å². The van der Waals surface area contributed by atoms with E-state index in [2.05, 4.69) is 0 Å². The Bertz CT molecular complexity index is 617. The van der Waals surface area contributed by atoms with Crippen LogP contribution in [0.2, 0.25) is 0 Å². The van der Waals surface area contributed by atoms with Crippen LogP contribution in [0.4, 0.5) is 10.1 Å². The minimum atomic E-state index is -1.70. The second kappa shape index (κ2) is 6.41. The molecular formula is C11H9FN2O7. The number of amides is 1. The smallest absolute Gasteiger partial charge is 0.326 e. The van der Waals surface area contributed by atoms with Gasteiger partial charge >= 0.3 is 17.6 Å². The van der Waals surface area contributed by atoms with E-state index in [0.717, 1.165) is 12.1 Å². The molecule has 0 aliphatic rings. The lowest BCUT2D eigenvalue weighted by Gasteiger charge is -2.12. The van der Waals surface area contributed by atoms with Crippen molar-refractivity contribution in [1.29, 1.82) is 0 Å². The van der Waals surface area contributed by atoms with Crippen LogP contribution in [0.3, 0.4) is 0 Å². The van der Waals surface area contributed by atoms with Crippen molar-refractivity contribution in [2.24, 2.45) is 0 Å². The van der Waals surface area contributed by atoms with Gasteiger partial charge in [-0.15, -0.1) is 0 Å². The van der Waals surface area contributed by atoms with Crippen LogP contribution in [-0.4, -0.2) is 39.0 Å². The molecule has 0 aliphatic heterocycles. The summed E-state index contributed by atoms with van der Waals surface area (Å²) in [6.07, 6.45) is -0.865. The minimum Gasteiger partial charge on any atom is -0.481 e. The maximum absolute atomic E-state index is 13.3. The Hall–Kier alpha value is -3.04. The number of hydrogen-bond donors (Lipinski definition) is 3. The van der Waals surface area contributed by atoms with E-state index in [1.54, 1.807) is 0 Å². The summed E-state index contributed by atoms with van der Waals surface area (Å²) in [5.74, 6) is -5.35. The molecule has 0 unspecified atom stereocenters. The van der Waals surface area contributed by atoms with E-state index in [9.17, 15) is 28.9 Å². The Balaban J connectivity index is 2.93. The zero-order valence-corrected chi connectivity index (χ0v) is 10.3. The van der Waals surface area contributed by atoms with Crippen LogP contribution < -0.4 is 5.32 Å². The highest BCUT2D eigenvalue weighted by atomic mass is 19.1. The number of nitrogens with zero attached hydrogens (tertiary/aromatic N) is 1. The van der Waals surface area contributed by atoms with E-state index >= 15 is 0 Å². The van der Waals surface area contributed by atoms with Crippen LogP contribution in [0, 0.1) is 15.9 Å². The Labute approximate surface area is 116 Å². The summed E-state index contributed by atoms with van der Waals surface area (Å²) >= 11 is 0. The van der Waals surface area contributed by atoms with Crippen LogP contribution in [0.5, 0.6) is 0 Å². The van der Waals surface area contributed by atoms with Crippen molar-refractivity contribution in [3.63, 3.8) is 0 Å². The van der Waals surface area contributed by atoms with Crippen molar-refractivity contribution in [3.8, 4) is 0 Å². The summed E-state index contributed by atoms with van der Waals surface area (Å²) in [5, 5.41) is 29.6. The third-order valence-electron chi connectivity index (χ3n) is 2.39. The highest BCUT2D eigenvalue weighted by Gasteiger charge is 2.24. The van der Waals surface area contributed by atoms with Gasteiger partial charge < -0.3 is 15.5 Å². The topological polar surface area (TPSA) is 147 Å². The number of nitrogens with one attached hydrogen (secondary N) is 1. The summed E-state index contributed by atoms with van der Waals surface area (Å²) in [6, 6.07) is 0.536. The fourth-order valence-corrected chi connectivity index (χ4v) is 1.41. The first kappa shape index (κ1) is 16.0. The SMILES string of the molecule is O=C(O)C[C@@H](NC(=O)c1ccc([N+](=O)[O-])c(F)c1)C(=O)O. The monoisotopic (exact) mass is 300 g/mol. The fourth-order valence-electron chi connectivity index (χ4n) is 1.41. The predicted molar refractivity (Wildman–Crippen MR) is 64.2 cm³/mol. The maximum atomic E-state index is 13.3. The zero-order valence-electron chi connectivity index (χ0n) is 10.3. The number of carbonyl (C=O) groups is 3. The molecular weight excluding hydrogens is 291 g/mol. The van der Waals surface area contributed by atoms with Gasteiger partial charge in [0.15, 0.2) is 0 Å². The molecule has 0 saturated carbocycles. The molecule has 112 valence electrons. The van der Waals surface area contributed by atoms with Gasteiger partial charge in [0.2, 0.25) is 5.82 Å². The quantitative estimate of drug-likeness (QED) is 0.508. The van der Waals surface area contributed by atoms with Gasteiger partial charge in [-0.2, -0.15) is 4.39 Å². The number of halogens is 1. The number of nitro groups is 1. The molecule has 1 aromatic carbocycles. The van der Waals surface area contributed by atoms with Crippen LogP contribution in [0.1, 0.15) is 16.8 Å². The van der Waals surface area contributed by atoms with E-state index in [1.165, 1.54) is 0 Å². The molecule has 1 atom stereocenters. The van der Waals surface area contributed by atoms with Crippen LogP contribution >= 0.6 is 0 Å². The van der Waals surface area contributed by atoms with E-state index in [1.807, 2.05) is 5.32 Å². The first-order valence-corrected chi connectivity index (χ1v) is 5.41.